The molecule has 0 bridgehead atoms. The predicted molar refractivity (Wildman–Crippen MR) is 52.4 cm³/mol. The topological polar surface area (TPSA) is 55.8 Å². The largest absolute Gasteiger partial charge is 0.483 e. The second-order valence-electron chi connectivity index (χ2n) is 3.54. The van der Waals surface area contributed by atoms with Crippen LogP contribution in [-0.2, 0) is 13.1 Å². The molecule has 1 aliphatic carbocycles. The molecule has 0 saturated heterocycles. The summed E-state index contributed by atoms with van der Waals surface area (Å²) < 4.78 is 19.9. The van der Waals surface area contributed by atoms with Gasteiger partial charge in [0, 0.05) is 0 Å². The van der Waals surface area contributed by atoms with Crippen LogP contribution in [-0.4, -0.2) is 11.0 Å². The van der Waals surface area contributed by atoms with Crippen molar-refractivity contribution in [3.63, 3.8) is 0 Å². The number of thiol groups is 1. The molecule has 4 nitrogen and oxygen atoms in total. The van der Waals surface area contributed by atoms with E-state index in [9.17, 15) is 4.57 Å². The van der Waals surface area contributed by atoms with Crippen LogP contribution in [0.2, 0.25) is 0 Å². The predicted octanol–water partition coefficient (Wildman–Crippen LogP) is 2.54. The zero-order valence-electron chi connectivity index (χ0n) is 7.55. The highest BCUT2D eigenvalue weighted by Gasteiger charge is 2.28. The van der Waals surface area contributed by atoms with E-state index in [1.165, 1.54) is 0 Å². The highest BCUT2D eigenvalue weighted by atomic mass is 32.1. The molecule has 1 aliphatic rings. The van der Waals surface area contributed by atoms with Crippen molar-refractivity contribution >= 4 is 20.7 Å². The van der Waals surface area contributed by atoms with Crippen LogP contribution < -0.4 is 0 Å². The maximum Gasteiger partial charge on any atom is 0.483 e. The number of phosphoric ester groups is 1. The lowest BCUT2D eigenvalue weighted by atomic mass is 9.89. The number of rotatable bonds is 3. The minimum Gasteiger partial charge on any atom is -0.302 e. The third-order valence-corrected chi connectivity index (χ3v) is 3.74. The standard InChI is InChI=1S/C7H15O4PS/c1-6-2-4-7(5-3-6)10-12(8,9)11-13/h6-7,13H,2-5H2,1H3,(H,8,9). The molecule has 0 aromatic carbocycles. The molecular formula is C7H15O4PS. The fourth-order valence-corrected chi connectivity index (χ4v) is 2.28. The first-order chi connectivity index (χ1) is 6.03. The van der Waals surface area contributed by atoms with Crippen LogP contribution in [0.15, 0.2) is 0 Å². The van der Waals surface area contributed by atoms with Gasteiger partial charge in [-0.1, -0.05) is 6.92 Å². The van der Waals surface area contributed by atoms with Crippen LogP contribution in [0.4, 0.5) is 0 Å². The van der Waals surface area contributed by atoms with Gasteiger partial charge >= 0.3 is 7.82 Å². The van der Waals surface area contributed by atoms with Gasteiger partial charge in [0.25, 0.3) is 0 Å². The first kappa shape index (κ1) is 11.5. The van der Waals surface area contributed by atoms with Crippen LogP contribution in [0.3, 0.4) is 0 Å². The SMILES string of the molecule is CC1CCC(OP(=O)(O)OS)CC1. The molecule has 1 saturated carbocycles. The summed E-state index contributed by atoms with van der Waals surface area (Å²) in [7, 11) is -3.90. The third-order valence-electron chi connectivity index (χ3n) is 2.35. The fraction of sp³-hybridized carbons (Fsp3) is 1.00. The van der Waals surface area contributed by atoms with Gasteiger partial charge in [0.05, 0.1) is 6.10 Å². The normalized spacial score (nSPS) is 34.1. The van der Waals surface area contributed by atoms with Crippen molar-refractivity contribution in [2.24, 2.45) is 5.92 Å². The van der Waals surface area contributed by atoms with E-state index in [1.807, 2.05) is 0 Å². The van der Waals surface area contributed by atoms with Gasteiger partial charge in [0.15, 0.2) is 0 Å². The molecular weight excluding hydrogens is 211 g/mol. The molecule has 0 heterocycles. The zero-order valence-corrected chi connectivity index (χ0v) is 9.34. The fourth-order valence-electron chi connectivity index (χ4n) is 1.54. The van der Waals surface area contributed by atoms with E-state index in [-0.39, 0.29) is 6.10 Å². The summed E-state index contributed by atoms with van der Waals surface area (Å²) in [6.07, 6.45) is 3.57. The molecule has 0 amide bonds. The van der Waals surface area contributed by atoms with Crippen molar-refractivity contribution in [1.82, 2.24) is 0 Å². The van der Waals surface area contributed by atoms with E-state index < -0.39 is 7.82 Å². The van der Waals surface area contributed by atoms with Crippen LogP contribution in [0, 0.1) is 5.92 Å². The summed E-state index contributed by atoms with van der Waals surface area (Å²) in [5.74, 6) is 0.690. The average Bonchev–Trinajstić information content (AvgIpc) is 2.09. The van der Waals surface area contributed by atoms with E-state index in [4.69, 9.17) is 9.42 Å². The summed E-state index contributed by atoms with van der Waals surface area (Å²) in [6, 6.07) is 0. The Morgan fingerprint density at radius 3 is 2.38 bits per heavy atom. The lowest BCUT2D eigenvalue weighted by molar-refractivity contribution is 0.0991. The van der Waals surface area contributed by atoms with Crippen LogP contribution >= 0.6 is 20.7 Å². The Morgan fingerprint density at radius 1 is 1.38 bits per heavy atom. The Bertz CT molecular complexity index is 203. The van der Waals surface area contributed by atoms with Crippen molar-refractivity contribution < 1.29 is 18.0 Å². The quantitative estimate of drug-likeness (QED) is 0.441. The van der Waals surface area contributed by atoms with Gasteiger partial charge in [-0.05, 0) is 44.5 Å². The summed E-state index contributed by atoms with van der Waals surface area (Å²) in [5, 5.41) is 0. The second kappa shape index (κ2) is 4.80. The van der Waals surface area contributed by atoms with Gasteiger partial charge in [-0.3, -0.25) is 4.52 Å². The van der Waals surface area contributed by atoms with Gasteiger partial charge in [-0.2, -0.15) is 0 Å². The van der Waals surface area contributed by atoms with Crippen molar-refractivity contribution in [1.29, 1.82) is 0 Å². The van der Waals surface area contributed by atoms with Gasteiger partial charge in [0.2, 0.25) is 0 Å². The van der Waals surface area contributed by atoms with E-state index in [0.717, 1.165) is 25.7 Å². The number of hydrogen-bond acceptors (Lipinski definition) is 4. The van der Waals surface area contributed by atoms with Crippen molar-refractivity contribution in [2.45, 2.75) is 38.7 Å². The Hall–Kier alpha value is 0.460. The van der Waals surface area contributed by atoms with Crippen LogP contribution in [0.1, 0.15) is 32.6 Å². The Balaban J connectivity index is 2.34. The number of phosphoric acid groups is 1. The molecule has 1 unspecified atom stereocenters. The summed E-state index contributed by atoms with van der Waals surface area (Å²) in [4.78, 5) is 8.98. The first-order valence-corrected chi connectivity index (χ1v) is 6.24. The Morgan fingerprint density at radius 2 is 1.92 bits per heavy atom. The molecule has 0 spiro atoms. The molecule has 0 aromatic heterocycles. The van der Waals surface area contributed by atoms with Crippen molar-refractivity contribution in [3.05, 3.63) is 0 Å². The maximum atomic E-state index is 11.0. The van der Waals surface area contributed by atoms with E-state index in [0.29, 0.717) is 5.92 Å². The molecule has 1 fully saturated rings. The number of hydrogen-bond donors (Lipinski definition) is 2. The Labute approximate surface area is 83.9 Å². The van der Waals surface area contributed by atoms with Crippen LogP contribution in [0.5, 0.6) is 0 Å². The lowest BCUT2D eigenvalue weighted by Gasteiger charge is -2.26. The minimum atomic E-state index is -3.90. The molecule has 13 heavy (non-hydrogen) atoms. The molecule has 0 aromatic rings. The smallest absolute Gasteiger partial charge is 0.302 e. The third kappa shape index (κ3) is 4.00. The van der Waals surface area contributed by atoms with Gasteiger partial charge in [-0.25, -0.2) is 8.54 Å². The zero-order chi connectivity index (χ0) is 9.90. The van der Waals surface area contributed by atoms with Crippen molar-refractivity contribution in [2.75, 3.05) is 0 Å². The highest BCUT2D eigenvalue weighted by molar-refractivity contribution is 7.80. The highest BCUT2D eigenvalue weighted by Crippen LogP contribution is 2.47. The summed E-state index contributed by atoms with van der Waals surface area (Å²) in [6.45, 7) is 2.17. The maximum absolute atomic E-state index is 11.0. The minimum absolute atomic E-state index is 0.154. The first-order valence-electron chi connectivity index (χ1n) is 4.38. The van der Waals surface area contributed by atoms with Gasteiger partial charge in [-0.15, -0.1) is 0 Å². The molecule has 0 radical (unpaired) electrons. The van der Waals surface area contributed by atoms with Gasteiger partial charge in [0.1, 0.15) is 0 Å². The van der Waals surface area contributed by atoms with E-state index >= 15 is 0 Å². The van der Waals surface area contributed by atoms with Crippen LogP contribution in [0.25, 0.3) is 0 Å². The monoisotopic (exact) mass is 226 g/mol. The molecule has 1 atom stereocenters. The van der Waals surface area contributed by atoms with Crippen molar-refractivity contribution in [3.8, 4) is 0 Å². The molecule has 0 aliphatic heterocycles. The molecule has 1 N–H and O–H groups in total. The lowest BCUT2D eigenvalue weighted by Crippen LogP contribution is -2.19. The Kier molecular flexibility index (Phi) is 4.26. The van der Waals surface area contributed by atoms with E-state index in [1.54, 1.807) is 0 Å². The molecule has 1 rings (SSSR count). The summed E-state index contributed by atoms with van der Waals surface area (Å²) in [5.41, 5.74) is 0. The summed E-state index contributed by atoms with van der Waals surface area (Å²) >= 11 is 3.28. The molecule has 78 valence electrons. The van der Waals surface area contributed by atoms with E-state index in [2.05, 4.69) is 23.8 Å². The molecule has 6 heteroatoms. The average molecular weight is 226 g/mol. The van der Waals surface area contributed by atoms with Gasteiger partial charge < -0.3 is 4.89 Å². The second-order valence-corrected chi connectivity index (χ2v) is 5.34.